The molecular weight excluding hydrogens is 457 g/mol. The molecule has 0 aliphatic carbocycles. The third-order valence-corrected chi connectivity index (χ3v) is 6.30. The Bertz CT molecular complexity index is 1130. The average Bonchev–Trinajstić information content (AvgIpc) is 3.05. The minimum atomic E-state index is -0.258. The van der Waals surface area contributed by atoms with E-state index >= 15 is 0 Å². The molecule has 0 aliphatic rings. The van der Waals surface area contributed by atoms with Gasteiger partial charge in [0.15, 0.2) is 5.16 Å². The van der Waals surface area contributed by atoms with Crippen molar-refractivity contribution < 1.29 is 9.59 Å². The molecule has 7 nitrogen and oxygen atoms in total. The molecule has 2 N–H and O–H groups in total. The number of rotatable bonds is 7. The van der Waals surface area contributed by atoms with Gasteiger partial charge in [0.2, 0.25) is 11.8 Å². The highest BCUT2D eigenvalue weighted by molar-refractivity contribution is 7.99. The van der Waals surface area contributed by atoms with Crippen LogP contribution >= 0.6 is 35.0 Å². The second-order valence-electron chi connectivity index (χ2n) is 6.94. The Morgan fingerprint density at radius 3 is 2.52 bits per heavy atom. The number of aryl methyl sites for hydroxylation is 2. The number of carbonyl (C=O) groups excluding carboxylic acids is 2. The molecule has 0 unspecified atom stereocenters. The first-order chi connectivity index (χ1) is 14.7. The zero-order chi connectivity index (χ0) is 22.5. The molecule has 1 aromatic heterocycles. The van der Waals surface area contributed by atoms with E-state index in [2.05, 4.69) is 20.8 Å². The van der Waals surface area contributed by atoms with Crippen LogP contribution in [0.1, 0.15) is 17.0 Å². The van der Waals surface area contributed by atoms with Gasteiger partial charge in [0, 0.05) is 12.7 Å². The van der Waals surface area contributed by atoms with Gasteiger partial charge < -0.3 is 15.2 Å². The van der Waals surface area contributed by atoms with Crippen LogP contribution in [0, 0.1) is 13.8 Å². The number of nitrogens with zero attached hydrogens (tertiary/aromatic N) is 3. The summed E-state index contributed by atoms with van der Waals surface area (Å²) in [7, 11) is 1.76. The van der Waals surface area contributed by atoms with Crippen LogP contribution in [0.3, 0.4) is 0 Å². The topological polar surface area (TPSA) is 88.9 Å². The normalized spacial score (nSPS) is 10.7. The lowest BCUT2D eigenvalue weighted by atomic mass is 10.1. The monoisotopic (exact) mass is 477 g/mol. The van der Waals surface area contributed by atoms with Crippen LogP contribution in [0.4, 0.5) is 11.4 Å². The van der Waals surface area contributed by atoms with Gasteiger partial charge in [0.05, 0.1) is 27.9 Å². The van der Waals surface area contributed by atoms with Gasteiger partial charge in [0.1, 0.15) is 5.82 Å². The predicted molar refractivity (Wildman–Crippen MR) is 125 cm³/mol. The lowest BCUT2D eigenvalue weighted by Gasteiger charge is -2.09. The number of nitrogens with one attached hydrogen (secondary N) is 2. The first kappa shape index (κ1) is 23.1. The highest BCUT2D eigenvalue weighted by atomic mass is 35.5. The SMILES string of the molecule is Cc1ccc(NC(=O)Cc2nnc(SCC(=O)Nc3cccc(Cl)c3Cl)n2C)c(C)c1. The molecule has 0 atom stereocenters. The van der Waals surface area contributed by atoms with E-state index in [1.807, 2.05) is 32.0 Å². The molecule has 31 heavy (non-hydrogen) atoms. The predicted octanol–water partition coefficient (Wildman–Crippen LogP) is 4.65. The summed E-state index contributed by atoms with van der Waals surface area (Å²) >= 11 is 13.3. The van der Waals surface area contributed by atoms with Crippen molar-refractivity contribution >= 4 is 58.2 Å². The molecule has 0 aliphatic heterocycles. The standard InChI is InChI=1S/C21H21Cl2N5O2S/c1-12-7-8-15(13(2)9-12)24-18(29)10-17-26-27-21(28(17)3)31-11-19(30)25-16-6-4-5-14(22)20(16)23/h4-9H,10-11H2,1-3H3,(H,24,29)(H,25,30). The van der Waals surface area contributed by atoms with Crippen LogP contribution in [0.2, 0.25) is 10.0 Å². The third-order valence-electron chi connectivity index (χ3n) is 4.46. The van der Waals surface area contributed by atoms with Crippen LogP contribution in [0.5, 0.6) is 0 Å². The summed E-state index contributed by atoms with van der Waals surface area (Å²) in [4.78, 5) is 24.7. The van der Waals surface area contributed by atoms with E-state index in [-0.39, 0.29) is 24.0 Å². The maximum Gasteiger partial charge on any atom is 0.234 e. The Labute approximate surface area is 194 Å². The average molecular weight is 478 g/mol. The highest BCUT2D eigenvalue weighted by Gasteiger charge is 2.16. The van der Waals surface area contributed by atoms with Gasteiger partial charge in [0.25, 0.3) is 0 Å². The van der Waals surface area contributed by atoms with E-state index in [0.717, 1.165) is 16.8 Å². The molecule has 0 saturated carbocycles. The maximum absolute atomic E-state index is 12.4. The smallest absolute Gasteiger partial charge is 0.234 e. The summed E-state index contributed by atoms with van der Waals surface area (Å²) in [5, 5.41) is 15.0. The van der Waals surface area contributed by atoms with Crippen LogP contribution in [0.15, 0.2) is 41.6 Å². The van der Waals surface area contributed by atoms with Crippen LogP contribution in [0.25, 0.3) is 0 Å². The Hall–Kier alpha value is -2.55. The molecule has 3 aromatic rings. The Morgan fingerprint density at radius 2 is 1.77 bits per heavy atom. The summed E-state index contributed by atoms with van der Waals surface area (Å²) in [6.45, 7) is 3.95. The minimum absolute atomic E-state index is 0.0711. The lowest BCUT2D eigenvalue weighted by Crippen LogP contribution is -2.18. The molecule has 0 radical (unpaired) electrons. The van der Waals surface area contributed by atoms with Crippen molar-refractivity contribution in [1.29, 1.82) is 0 Å². The number of hydrogen-bond acceptors (Lipinski definition) is 5. The molecule has 0 fully saturated rings. The van der Waals surface area contributed by atoms with Gasteiger partial charge >= 0.3 is 0 Å². The summed E-state index contributed by atoms with van der Waals surface area (Å²) in [5.74, 6) is 0.158. The molecule has 10 heteroatoms. The van der Waals surface area contributed by atoms with Crippen LogP contribution in [-0.4, -0.2) is 32.3 Å². The van der Waals surface area contributed by atoms with Gasteiger partial charge in [-0.1, -0.05) is 58.7 Å². The molecule has 0 bridgehead atoms. The van der Waals surface area contributed by atoms with Gasteiger partial charge in [-0.2, -0.15) is 0 Å². The number of anilines is 2. The van der Waals surface area contributed by atoms with E-state index in [0.29, 0.717) is 26.7 Å². The lowest BCUT2D eigenvalue weighted by molar-refractivity contribution is -0.116. The van der Waals surface area contributed by atoms with Gasteiger partial charge in [-0.05, 0) is 37.6 Å². The maximum atomic E-state index is 12.4. The zero-order valence-electron chi connectivity index (χ0n) is 17.2. The molecule has 2 amide bonds. The number of carbonyl (C=O) groups is 2. The summed E-state index contributed by atoms with van der Waals surface area (Å²) in [6, 6.07) is 10.9. The van der Waals surface area contributed by atoms with Gasteiger partial charge in [-0.3, -0.25) is 9.59 Å². The van der Waals surface area contributed by atoms with Crippen LogP contribution in [-0.2, 0) is 23.1 Å². The molecule has 1 heterocycles. The fraction of sp³-hybridized carbons (Fsp3) is 0.238. The quantitative estimate of drug-likeness (QED) is 0.483. The Morgan fingerprint density at radius 1 is 1.03 bits per heavy atom. The van der Waals surface area contributed by atoms with Gasteiger partial charge in [-0.25, -0.2) is 0 Å². The highest BCUT2D eigenvalue weighted by Crippen LogP contribution is 2.29. The second-order valence-corrected chi connectivity index (χ2v) is 8.67. The minimum Gasteiger partial charge on any atom is -0.325 e. The third kappa shape index (κ3) is 6.00. The van der Waals surface area contributed by atoms with E-state index < -0.39 is 0 Å². The van der Waals surface area contributed by atoms with Crippen molar-refractivity contribution in [2.24, 2.45) is 7.05 Å². The van der Waals surface area contributed by atoms with Crippen molar-refractivity contribution in [3.05, 3.63) is 63.4 Å². The largest absolute Gasteiger partial charge is 0.325 e. The number of aromatic nitrogens is 3. The molecule has 2 aromatic carbocycles. The van der Waals surface area contributed by atoms with E-state index in [1.165, 1.54) is 11.8 Å². The van der Waals surface area contributed by atoms with E-state index in [4.69, 9.17) is 23.2 Å². The number of amides is 2. The Balaban J connectivity index is 1.56. The summed E-state index contributed by atoms with van der Waals surface area (Å²) in [6.07, 6.45) is 0.0711. The first-order valence-electron chi connectivity index (χ1n) is 9.36. The second kappa shape index (κ2) is 10.2. The summed E-state index contributed by atoms with van der Waals surface area (Å²) in [5.41, 5.74) is 3.34. The van der Waals surface area contributed by atoms with Crippen LogP contribution < -0.4 is 10.6 Å². The Kier molecular flexibility index (Phi) is 7.59. The number of benzene rings is 2. The van der Waals surface area contributed by atoms with Crippen molar-refractivity contribution in [3.8, 4) is 0 Å². The van der Waals surface area contributed by atoms with E-state index in [9.17, 15) is 9.59 Å². The van der Waals surface area contributed by atoms with Crippen molar-refractivity contribution in [3.63, 3.8) is 0 Å². The van der Waals surface area contributed by atoms with Crippen molar-refractivity contribution in [2.45, 2.75) is 25.4 Å². The fourth-order valence-corrected chi connectivity index (χ4v) is 3.91. The zero-order valence-corrected chi connectivity index (χ0v) is 19.5. The molecular formula is C21H21Cl2N5O2S. The van der Waals surface area contributed by atoms with Crippen molar-refractivity contribution in [1.82, 2.24) is 14.8 Å². The molecule has 162 valence electrons. The number of thioether (sulfide) groups is 1. The molecule has 0 saturated heterocycles. The number of halogens is 2. The van der Waals surface area contributed by atoms with E-state index in [1.54, 1.807) is 29.8 Å². The summed E-state index contributed by atoms with van der Waals surface area (Å²) < 4.78 is 1.70. The van der Waals surface area contributed by atoms with Crippen molar-refractivity contribution in [2.75, 3.05) is 16.4 Å². The first-order valence-corrected chi connectivity index (χ1v) is 11.1. The molecule has 0 spiro atoms. The fourth-order valence-electron chi connectivity index (χ4n) is 2.83. The van der Waals surface area contributed by atoms with Gasteiger partial charge in [-0.15, -0.1) is 10.2 Å². The number of hydrogen-bond donors (Lipinski definition) is 2. The molecule has 3 rings (SSSR count).